The van der Waals surface area contributed by atoms with Gasteiger partial charge in [-0.1, -0.05) is 36.4 Å². The van der Waals surface area contributed by atoms with Gasteiger partial charge in [0.2, 0.25) is 12.2 Å². The molecule has 204 valence electrons. The monoisotopic (exact) mass is 550 g/mol. The summed E-state index contributed by atoms with van der Waals surface area (Å²) in [6, 6.07) is 13.1. The average Bonchev–Trinajstić information content (AvgIpc) is 3.59. The van der Waals surface area contributed by atoms with Gasteiger partial charge in [0.1, 0.15) is 5.01 Å². The fourth-order valence-corrected chi connectivity index (χ4v) is 5.29. The van der Waals surface area contributed by atoms with Crippen molar-refractivity contribution in [3.05, 3.63) is 82.1 Å². The molecule has 10 nitrogen and oxygen atoms in total. The number of ether oxygens (including phenoxy) is 2. The second-order valence-electron chi connectivity index (χ2n) is 9.15. The molecule has 1 N–H and O–H groups in total. The summed E-state index contributed by atoms with van der Waals surface area (Å²) in [6.07, 6.45) is 2.23. The molecule has 1 aliphatic rings. The molecular formula is C28H30N4O6S. The van der Waals surface area contributed by atoms with Crippen molar-refractivity contribution in [1.29, 1.82) is 0 Å². The summed E-state index contributed by atoms with van der Waals surface area (Å²) in [5.74, 6) is -2.90. The lowest BCUT2D eigenvalue weighted by Gasteiger charge is -2.31. The van der Waals surface area contributed by atoms with Crippen LogP contribution < -0.4 is 5.32 Å². The van der Waals surface area contributed by atoms with Gasteiger partial charge in [0.05, 0.1) is 18.3 Å². The second-order valence-corrected chi connectivity index (χ2v) is 10.1. The Morgan fingerprint density at radius 1 is 1.05 bits per heavy atom. The lowest BCUT2D eigenvalue weighted by molar-refractivity contribution is -0.178. The van der Waals surface area contributed by atoms with Gasteiger partial charge in [0, 0.05) is 44.6 Å². The highest BCUT2D eigenvalue weighted by atomic mass is 32.1. The molecule has 39 heavy (non-hydrogen) atoms. The van der Waals surface area contributed by atoms with Crippen molar-refractivity contribution in [3.8, 4) is 0 Å². The number of carbonyl (C=O) groups excluding carboxylic acids is 4. The smallest absolute Gasteiger partial charge is 0.303 e. The molecule has 1 aliphatic heterocycles. The van der Waals surface area contributed by atoms with Crippen LogP contribution in [0.2, 0.25) is 0 Å². The number of benzene rings is 1. The number of nitrogens with one attached hydrogen (secondary N) is 1. The molecule has 3 atom stereocenters. The Bertz CT molecular complexity index is 1300. The van der Waals surface area contributed by atoms with Crippen LogP contribution in [-0.4, -0.2) is 57.4 Å². The van der Waals surface area contributed by atoms with E-state index in [1.807, 2.05) is 47.8 Å². The van der Waals surface area contributed by atoms with Gasteiger partial charge < -0.3 is 19.7 Å². The van der Waals surface area contributed by atoms with Gasteiger partial charge in [-0.25, -0.2) is 4.98 Å². The number of pyridine rings is 1. The second kappa shape index (κ2) is 13.1. The molecule has 2 amide bonds. The Balaban J connectivity index is 1.49. The Morgan fingerprint density at radius 2 is 1.79 bits per heavy atom. The van der Waals surface area contributed by atoms with Crippen molar-refractivity contribution in [2.75, 3.05) is 6.54 Å². The minimum absolute atomic E-state index is 0.0473. The molecule has 0 radical (unpaired) electrons. The van der Waals surface area contributed by atoms with E-state index in [9.17, 15) is 19.2 Å². The molecule has 1 saturated heterocycles. The van der Waals surface area contributed by atoms with Crippen LogP contribution in [0.4, 0.5) is 0 Å². The van der Waals surface area contributed by atoms with Gasteiger partial charge in [-0.05, 0) is 30.0 Å². The molecule has 1 unspecified atom stereocenters. The number of esters is 2. The average molecular weight is 551 g/mol. The zero-order valence-corrected chi connectivity index (χ0v) is 22.6. The van der Waals surface area contributed by atoms with Crippen molar-refractivity contribution >= 4 is 35.1 Å². The Morgan fingerprint density at radius 3 is 2.49 bits per heavy atom. The lowest BCUT2D eigenvalue weighted by atomic mass is 10.0. The first-order chi connectivity index (χ1) is 18.8. The topological polar surface area (TPSA) is 128 Å². The third-order valence-corrected chi connectivity index (χ3v) is 7.10. The zero-order valence-electron chi connectivity index (χ0n) is 21.7. The normalized spacial score (nSPS) is 16.3. The number of carbonyl (C=O) groups is 4. The first kappa shape index (κ1) is 27.9. The van der Waals surface area contributed by atoms with Gasteiger partial charge in [0.25, 0.3) is 11.8 Å². The van der Waals surface area contributed by atoms with Crippen molar-refractivity contribution in [2.24, 2.45) is 0 Å². The van der Waals surface area contributed by atoms with E-state index >= 15 is 0 Å². The number of likely N-dealkylation sites (tertiary alicyclic amines) is 1. The number of hydrogen-bond donors (Lipinski definition) is 1. The predicted octanol–water partition coefficient (Wildman–Crippen LogP) is 2.97. The fraction of sp³-hybridized carbons (Fsp3) is 0.357. The molecule has 2 aromatic heterocycles. The van der Waals surface area contributed by atoms with Crippen LogP contribution in [0.3, 0.4) is 0 Å². The third-order valence-electron chi connectivity index (χ3n) is 6.20. The van der Waals surface area contributed by atoms with Gasteiger partial charge in [-0.3, -0.25) is 24.2 Å². The van der Waals surface area contributed by atoms with Crippen LogP contribution >= 0.6 is 11.3 Å². The minimum Gasteiger partial charge on any atom is -0.448 e. The summed E-state index contributed by atoms with van der Waals surface area (Å²) in [5.41, 5.74) is 2.76. The van der Waals surface area contributed by atoms with Crippen LogP contribution in [-0.2, 0) is 41.6 Å². The standard InChI is InChI=1S/C28H30N4O6S/c1-18(33)37-25(27(35)30-16-24-31-22(17-39-24)14-20-8-6-12-29-15-20)26(38-19(2)34)28(36)32-13-7-11-23(32)21-9-4-3-5-10-21/h3-6,8-10,12,15,17,23,25-26H,7,11,13-14,16H2,1-2H3,(H,30,35)/t23?,25-,26-/m1/s1. The first-order valence-electron chi connectivity index (χ1n) is 12.6. The van der Waals surface area contributed by atoms with Crippen LogP contribution in [0.15, 0.2) is 60.2 Å². The molecule has 1 aromatic carbocycles. The summed E-state index contributed by atoms with van der Waals surface area (Å²) in [6.45, 7) is 2.74. The van der Waals surface area contributed by atoms with E-state index in [-0.39, 0.29) is 12.6 Å². The number of amides is 2. The molecule has 11 heteroatoms. The van der Waals surface area contributed by atoms with E-state index in [0.717, 1.165) is 43.5 Å². The maximum absolute atomic E-state index is 13.7. The molecule has 3 aromatic rings. The quantitative estimate of drug-likeness (QED) is 0.382. The zero-order chi connectivity index (χ0) is 27.8. The Kier molecular flexibility index (Phi) is 9.37. The summed E-state index contributed by atoms with van der Waals surface area (Å²) in [5, 5.41) is 5.20. The SMILES string of the molecule is CC(=O)O[C@@H](C(=O)NCc1nc(Cc2cccnc2)cs1)[C@@H](OC(C)=O)C(=O)N1CCCC1c1ccccc1. The molecule has 1 fully saturated rings. The van der Waals surface area contributed by atoms with Crippen LogP contribution in [0, 0.1) is 0 Å². The molecule has 0 saturated carbocycles. The van der Waals surface area contributed by atoms with E-state index in [4.69, 9.17) is 9.47 Å². The Labute approximate surface area is 230 Å². The molecule has 3 heterocycles. The first-order valence-corrected chi connectivity index (χ1v) is 13.5. The van der Waals surface area contributed by atoms with Gasteiger partial charge in [-0.2, -0.15) is 0 Å². The van der Waals surface area contributed by atoms with Crippen molar-refractivity contribution in [1.82, 2.24) is 20.2 Å². The number of hydrogen-bond acceptors (Lipinski definition) is 9. The maximum atomic E-state index is 13.7. The summed E-state index contributed by atoms with van der Waals surface area (Å²) in [7, 11) is 0. The van der Waals surface area contributed by atoms with Crippen molar-refractivity contribution in [3.63, 3.8) is 0 Å². The lowest BCUT2D eigenvalue weighted by Crippen LogP contribution is -2.53. The van der Waals surface area contributed by atoms with Crippen molar-refractivity contribution < 1.29 is 28.7 Å². The summed E-state index contributed by atoms with van der Waals surface area (Å²) >= 11 is 1.37. The van der Waals surface area contributed by atoms with Crippen LogP contribution in [0.25, 0.3) is 0 Å². The maximum Gasteiger partial charge on any atom is 0.303 e. The van der Waals surface area contributed by atoms with Crippen molar-refractivity contribution in [2.45, 2.75) is 57.9 Å². The highest BCUT2D eigenvalue weighted by molar-refractivity contribution is 7.09. The van der Waals surface area contributed by atoms with E-state index in [2.05, 4.69) is 15.3 Å². The minimum atomic E-state index is -1.66. The van der Waals surface area contributed by atoms with E-state index < -0.39 is 36.0 Å². The largest absolute Gasteiger partial charge is 0.448 e. The Hall–Kier alpha value is -4.12. The van der Waals surface area contributed by atoms with E-state index in [1.165, 1.54) is 11.3 Å². The molecule has 0 spiro atoms. The highest BCUT2D eigenvalue weighted by Gasteiger charge is 2.44. The van der Waals surface area contributed by atoms with Gasteiger partial charge in [0.15, 0.2) is 0 Å². The summed E-state index contributed by atoms with van der Waals surface area (Å²) in [4.78, 5) is 61.1. The predicted molar refractivity (Wildman–Crippen MR) is 142 cm³/mol. The van der Waals surface area contributed by atoms with Crippen LogP contribution in [0.5, 0.6) is 0 Å². The molecular weight excluding hydrogens is 520 g/mol. The molecule has 4 rings (SSSR count). The number of nitrogens with zero attached hydrogens (tertiary/aromatic N) is 3. The van der Waals surface area contributed by atoms with E-state index in [1.54, 1.807) is 17.3 Å². The third kappa shape index (κ3) is 7.47. The number of rotatable bonds is 10. The summed E-state index contributed by atoms with van der Waals surface area (Å²) < 4.78 is 10.6. The molecule has 0 aliphatic carbocycles. The highest BCUT2D eigenvalue weighted by Crippen LogP contribution is 2.33. The fourth-order valence-electron chi connectivity index (χ4n) is 4.55. The van der Waals surface area contributed by atoms with Gasteiger partial charge in [-0.15, -0.1) is 11.3 Å². The van der Waals surface area contributed by atoms with E-state index in [0.29, 0.717) is 18.0 Å². The van der Waals surface area contributed by atoms with Gasteiger partial charge >= 0.3 is 11.9 Å². The number of aromatic nitrogens is 2. The van der Waals surface area contributed by atoms with Crippen LogP contribution in [0.1, 0.15) is 54.6 Å². The molecule has 0 bridgehead atoms. The number of thiazole rings is 1.